The van der Waals surface area contributed by atoms with Crippen molar-refractivity contribution in [2.75, 3.05) is 22.8 Å². The van der Waals surface area contributed by atoms with Crippen LogP contribution >= 0.6 is 11.3 Å². The first-order chi connectivity index (χ1) is 18.6. The third-order valence-corrected chi connectivity index (χ3v) is 8.28. The number of rotatable bonds is 7. The van der Waals surface area contributed by atoms with E-state index in [-0.39, 0.29) is 24.3 Å². The van der Waals surface area contributed by atoms with Gasteiger partial charge in [0.15, 0.2) is 0 Å². The Bertz CT molecular complexity index is 1660. The van der Waals surface area contributed by atoms with Crippen LogP contribution < -0.4 is 19.2 Å². The second-order valence-corrected chi connectivity index (χ2v) is 11.2. The van der Waals surface area contributed by atoms with Gasteiger partial charge in [0.25, 0.3) is 0 Å². The highest BCUT2D eigenvalue weighted by molar-refractivity contribution is 7.91. The fraction of sp³-hybridized carbons (Fsp3) is 0.208. The molecule has 0 saturated heterocycles. The number of nitrogens with zero attached hydrogens (tertiary/aromatic N) is 5. The van der Waals surface area contributed by atoms with Gasteiger partial charge in [-0.15, -0.1) is 11.3 Å². The molecule has 15 heteroatoms. The van der Waals surface area contributed by atoms with Gasteiger partial charge in [0, 0.05) is 43.5 Å². The highest BCUT2D eigenvalue weighted by Gasteiger charge is 2.33. The standard InChI is InChI=1S/C24H21F2N7O4S2/c1-32(18-2-3-21-19(10-18)29-13-38-21)23(34)20(8-14-6-16(25)9-17(26)7-14)30-24(35)31-39(36,37)33-5-4-15-11-27-12-28-22(15)33/h2-3,6-7,9-13,20H,4-5,8H2,1H3,(H2,30,31,35). The first-order valence-electron chi connectivity index (χ1n) is 11.6. The highest BCUT2D eigenvalue weighted by atomic mass is 32.2. The average molecular weight is 574 g/mol. The van der Waals surface area contributed by atoms with E-state index in [4.69, 9.17) is 0 Å². The van der Waals surface area contributed by atoms with E-state index in [1.54, 1.807) is 23.7 Å². The van der Waals surface area contributed by atoms with Crippen molar-refractivity contribution < 1.29 is 26.8 Å². The molecule has 0 saturated carbocycles. The molecule has 39 heavy (non-hydrogen) atoms. The predicted octanol–water partition coefficient (Wildman–Crippen LogP) is 2.55. The number of nitrogens with one attached hydrogen (secondary N) is 2. The molecule has 1 atom stereocenters. The number of likely N-dealkylation sites (N-methyl/N-ethyl adjacent to an activating group) is 1. The van der Waals surface area contributed by atoms with Gasteiger partial charge in [-0.25, -0.2) is 37.6 Å². The maximum atomic E-state index is 13.9. The molecule has 0 bridgehead atoms. The highest BCUT2D eigenvalue weighted by Crippen LogP contribution is 2.26. The van der Waals surface area contributed by atoms with Gasteiger partial charge in [-0.2, -0.15) is 8.42 Å². The summed E-state index contributed by atoms with van der Waals surface area (Å²) in [6.45, 7) is 0.0450. The van der Waals surface area contributed by atoms with Crippen LogP contribution in [-0.2, 0) is 27.8 Å². The van der Waals surface area contributed by atoms with E-state index >= 15 is 0 Å². The quantitative estimate of drug-likeness (QED) is 0.347. The van der Waals surface area contributed by atoms with Crippen LogP contribution in [0, 0.1) is 11.6 Å². The Morgan fingerprint density at radius 1 is 1.15 bits per heavy atom. The zero-order valence-corrected chi connectivity index (χ0v) is 22.0. The van der Waals surface area contributed by atoms with Crippen molar-refractivity contribution in [3.63, 3.8) is 0 Å². The van der Waals surface area contributed by atoms with E-state index < -0.39 is 39.8 Å². The lowest BCUT2D eigenvalue weighted by Gasteiger charge is -2.26. The van der Waals surface area contributed by atoms with E-state index in [2.05, 4.69) is 20.3 Å². The van der Waals surface area contributed by atoms with E-state index in [0.717, 1.165) is 21.1 Å². The second kappa shape index (κ2) is 10.5. The number of benzene rings is 2. The van der Waals surface area contributed by atoms with Crippen molar-refractivity contribution in [2.45, 2.75) is 18.9 Å². The molecule has 1 unspecified atom stereocenters. The molecular formula is C24H21F2N7O4S2. The van der Waals surface area contributed by atoms with Crippen LogP contribution in [0.3, 0.4) is 0 Å². The maximum Gasteiger partial charge on any atom is 0.330 e. The summed E-state index contributed by atoms with van der Waals surface area (Å²) in [5.41, 5.74) is 3.46. The number of thiazole rings is 1. The van der Waals surface area contributed by atoms with Crippen LogP contribution in [-0.4, -0.2) is 54.9 Å². The van der Waals surface area contributed by atoms with Crippen LogP contribution in [0.2, 0.25) is 0 Å². The average Bonchev–Trinajstić information content (AvgIpc) is 3.53. The minimum atomic E-state index is -4.39. The van der Waals surface area contributed by atoms with Gasteiger partial charge < -0.3 is 10.2 Å². The number of fused-ring (bicyclic) bond motifs is 2. The summed E-state index contributed by atoms with van der Waals surface area (Å²) >= 11 is 1.43. The Morgan fingerprint density at radius 2 is 1.92 bits per heavy atom. The Labute approximate surface area is 225 Å². The molecule has 0 fully saturated rings. The molecule has 5 rings (SSSR count). The van der Waals surface area contributed by atoms with Gasteiger partial charge in [0.2, 0.25) is 5.91 Å². The Kier molecular flexibility index (Phi) is 7.10. The van der Waals surface area contributed by atoms with Crippen LogP contribution in [0.15, 0.2) is 54.4 Å². The summed E-state index contributed by atoms with van der Waals surface area (Å²) in [5, 5.41) is 2.35. The first-order valence-corrected chi connectivity index (χ1v) is 13.9. The van der Waals surface area contributed by atoms with E-state index in [1.165, 1.54) is 35.8 Å². The van der Waals surface area contributed by atoms with E-state index in [0.29, 0.717) is 29.3 Å². The number of amides is 3. The summed E-state index contributed by atoms with van der Waals surface area (Å²) in [4.78, 5) is 39.7. The smallest absolute Gasteiger partial charge is 0.325 e. The molecule has 0 spiro atoms. The predicted molar refractivity (Wildman–Crippen MR) is 141 cm³/mol. The SMILES string of the molecule is CN(C(=O)C(Cc1cc(F)cc(F)c1)NC(=O)NS(=O)(=O)N1CCc2cncnc21)c1ccc2scnc2c1. The van der Waals surface area contributed by atoms with Crippen LogP contribution in [0.5, 0.6) is 0 Å². The number of hydrogen-bond donors (Lipinski definition) is 2. The normalized spacial score (nSPS) is 13.7. The molecule has 0 radical (unpaired) electrons. The van der Waals surface area contributed by atoms with Crippen molar-refractivity contribution in [1.82, 2.24) is 25.0 Å². The monoisotopic (exact) mass is 573 g/mol. The molecule has 11 nitrogen and oxygen atoms in total. The van der Waals surface area contributed by atoms with E-state index in [1.807, 2.05) is 4.72 Å². The van der Waals surface area contributed by atoms with Gasteiger partial charge >= 0.3 is 16.2 Å². The molecule has 2 N–H and O–H groups in total. The van der Waals surface area contributed by atoms with Gasteiger partial charge in [0.1, 0.15) is 29.8 Å². The fourth-order valence-corrected chi connectivity index (χ4v) is 6.04. The summed E-state index contributed by atoms with van der Waals surface area (Å²) in [6, 6.07) is 5.31. The molecule has 1 aliphatic heterocycles. The number of aromatic nitrogens is 3. The zero-order chi connectivity index (χ0) is 27.7. The Morgan fingerprint density at radius 3 is 2.69 bits per heavy atom. The number of urea groups is 1. The lowest BCUT2D eigenvalue weighted by molar-refractivity contribution is -0.120. The first kappa shape index (κ1) is 26.4. The molecule has 2 aromatic carbocycles. The van der Waals surface area contributed by atoms with Crippen molar-refractivity contribution in [3.05, 3.63) is 77.2 Å². The van der Waals surface area contributed by atoms with Crippen molar-refractivity contribution in [1.29, 1.82) is 0 Å². The zero-order valence-electron chi connectivity index (χ0n) is 20.3. The topological polar surface area (TPSA) is 137 Å². The fourth-order valence-electron chi connectivity index (χ4n) is 4.26. The third kappa shape index (κ3) is 5.63. The molecule has 3 heterocycles. The van der Waals surface area contributed by atoms with Crippen molar-refractivity contribution in [3.8, 4) is 0 Å². The molecule has 1 aliphatic rings. The van der Waals surface area contributed by atoms with Gasteiger partial charge in [-0.05, 0) is 42.3 Å². The van der Waals surface area contributed by atoms with E-state index in [9.17, 15) is 26.8 Å². The minimum absolute atomic E-state index is 0.0450. The number of halogens is 2. The summed E-state index contributed by atoms with van der Waals surface area (Å²) in [7, 11) is -2.93. The van der Waals surface area contributed by atoms with Crippen molar-refractivity contribution >= 4 is 55.2 Å². The molecule has 0 aliphatic carbocycles. The maximum absolute atomic E-state index is 13.9. The summed E-state index contributed by atoms with van der Waals surface area (Å²) < 4.78 is 57.4. The Balaban J connectivity index is 1.38. The largest absolute Gasteiger partial charge is 0.330 e. The number of anilines is 2. The minimum Gasteiger partial charge on any atom is -0.325 e. The molecule has 3 amide bonds. The van der Waals surface area contributed by atoms with Crippen LogP contribution in [0.1, 0.15) is 11.1 Å². The molecule has 2 aromatic heterocycles. The van der Waals surface area contributed by atoms with Crippen molar-refractivity contribution in [2.24, 2.45) is 0 Å². The second-order valence-electron chi connectivity index (χ2n) is 8.71. The number of carbonyl (C=O) groups excluding carboxylic acids is 2. The third-order valence-electron chi connectivity index (χ3n) is 6.09. The lowest BCUT2D eigenvalue weighted by Crippen LogP contribution is -2.54. The van der Waals surface area contributed by atoms with Crippen LogP contribution in [0.4, 0.5) is 25.1 Å². The molecular weight excluding hydrogens is 552 g/mol. The molecule has 4 aromatic rings. The summed E-state index contributed by atoms with van der Waals surface area (Å²) in [5.74, 6) is -2.23. The number of carbonyl (C=O) groups is 2. The summed E-state index contributed by atoms with van der Waals surface area (Å²) in [6.07, 6.45) is 2.73. The Hall–Kier alpha value is -4.24. The van der Waals surface area contributed by atoms with Gasteiger partial charge in [-0.1, -0.05) is 0 Å². The van der Waals surface area contributed by atoms with Gasteiger partial charge in [0.05, 0.1) is 15.7 Å². The lowest BCUT2D eigenvalue weighted by atomic mass is 10.0. The number of hydrogen-bond acceptors (Lipinski definition) is 8. The molecule has 202 valence electrons. The van der Waals surface area contributed by atoms with Crippen LogP contribution in [0.25, 0.3) is 10.2 Å². The van der Waals surface area contributed by atoms with Gasteiger partial charge in [-0.3, -0.25) is 4.79 Å².